The minimum absolute atomic E-state index is 0.0304. The highest BCUT2D eigenvalue weighted by molar-refractivity contribution is 5.89. The predicted octanol–water partition coefficient (Wildman–Crippen LogP) is 2.33. The van der Waals surface area contributed by atoms with Crippen molar-refractivity contribution in [1.29, 1.82) is 0 Å². The van der Waals surface area contributed by atoms with Gasteiger partial charge < -0.3 is 15.3 Å². The Labute approximate surface area is 154 Å². The number of piperidine rings is 1. The fraction of sp³-hybridized carbons (Fsp3) is 0.550. The number of hydrogen-bond acceptors (Lipinski definition) is 3. The van der Waals surface area contributed by atoms with E-state index in [1.807, 2.05) is 32.9 Å². The second kappa shape index (κ2) is 8.34. The van der Waals surface area contributed by atoms with Crippen LogP contribution in [0, 0.1) is 11.3 Å². The first-order valence-electron chi connectivity index (χ1n) is 9.05. The summed E-state index contributed by atoms with van der Waals surface area (Å²) in [5.74, 6) is -0.732. The van der Waals surface area contributed by atoms with Crippen molar-refractivity contribution in [3.8, 4) is 0 Å². The van der Waals surface area contributed by atoms with Gasteiger partial charge in [-0.2, -0.15) is 0 Å². The second-order valence-electron chi connectivity index (χ2n) is 7.92. The van der Waals surface area contributed by atoms with Crippen molar-refractivity contribution in [3.05, 3.63) is 35.4 Å². The van der Waals surface area contributed by atoms with Gasteiger partial charge in [0.1, 0.15) is 0 Å². The monoisotopic (exact) mass is 360 g/mol. The van der Waals surface area contributed by atoms with E-state index in [0.717, 1.165) is 18.4 Å². The highest BCUT2D eigenvalue weighted by Crippen LogP contribution is 2.23. The molecule has 2 N–H and O–H groups in total. The number of aromatic carboxylic acids is 1. The summed E-state index contributed by atoms with van der Waals surface area (Å²) in [7, 11) is 0. The Hall–Kier alpha value is -2.37. The van der Waals surface area contributed by atoms with Crippen molar-refractivity contribution in [2.75, 3.05) is 19.6 Å². The molecule has 1 aliphatic rings. The number of rotatable bonds is 5. The Kier molecular flexibility index (Phi) is 6.40. The van der Waals surface area contributed by atoms with Crippen LogP contribution in [-0.4, -0.2) is 47.4 Å². The average Bonchev–Trinajstić information content (AvgIpc) is 2.59. The van der Waals surface area contributed by atoms with Gasteiger partial charge in [-0.15, -0.1) is 0 Å². The van der Waals surface area contributed by atoms with Crippen molar-refractivity contribution in [2.24, 2.45) is 11.3 Å². The Morgan fingerprint density at radius 2 is 1.77 bits per heavy atom. The highest BCUT2D eigenvalue weighted by atomic mass is 16.4. The van der Waals surface area contributed by atoms with E-state index < -0.39 is 11.4 Å². The van der Waals surface area contributed by atoms with Gasteiger partial charge in [-0.3, -0.25) is 9.59 Å². The van der Waals surface area contributed by atoms with Crippen LogP contribution in [-0.2, 0) is 16.0 Å². The van der Waals surface area contributed by atoms with Crippen LogP contribution < -0.4 is 5.32 Å². The number of benzene rings is 1. The molecule has 1 fully saturated rings. The molecule has 0 aliphatic carbocycles. The number of nitrogens with zero attached hydrogens (tertiary/aromatic N) is 1. The Morgan fingerprint density at radius 3 is 2.35 bits per heavy atom. The maximum absolute atomic E-state index is 12.3. The van der Waals surface area contributed by atoms with E-state index in [1.165, 1.54) is 0 Å². The van der Waals surface area contributed by atoms with Crippen molar-refractivity contribution >= 4 is 17.8 Å². The van der Waals surface area contributed by atoms with Gasteiger partial charge in [-0.1, -0.05) is 39.0 Å². The lowest BCUT2D eigenvalue weighted by Crippen LogP contribution is -2.46. The first kappa shape index (κ1) is 19.9. The van der Waals surface area contributed by atoms with Gasteiger partial charge in [-0.05, 0) is 36.8 Å². The number of likely N-dealkylation sites (tertiary alicyclic amines) is 1. The van der Waals surface area contributed by atoms with E-state index in [-0.39, 0.29) is 18.4 Å². The summed E-state index contributed by atoms with van der Waals surface area (Å²) < 4.78 is 0. The molecule has 2 rings (SSSR count). The zero-order valence-electron chi connectivity index (χ0n) is 15.7. The smallest absolute Gasteiger partial charge is 0.335 e. The van der Waals surface area contributed by atoms with Crippen molar-refractivity contribution in [2.45, 2.75) is 40.0 Å². The average molecular weight is 360 g/mol. The highest BCUT2D eigenvalue weighted by Gasteiger charge is 2.26. The molecule has 1 heterocycles. The SMILES string of the molecule is CC(C)(C)C(=O)NCC(=O)N1CCC(Cc2ccccc2C(=O)O)CC1. The van der Waals surface area contributed by atoms with Crippen molar-refractivity contribution in [1.82, 2.24) is 10.2 Å². The van der Waals surface area contributed by atoms with Gasteiger partial charge in [0, 0.05) is 18.5 Å². The van der Waals surface area contributed by atoms with Gasteiger partial charge in [-0.25, -0.2) is 4.79 Å². The number of carbonyl (C=O) groups is 3. The molecule has 0 atom stereocenters. The number of carboxylic acids is 1. The first-order chi connectivity index (χ1) is 12.2. The molecule has 1 saturated heterocycles. The van der Waals surface area contributed by atoms with Crippen LogP contribution in [0.3, 0.4) is 0 Å². The minimum Gasteiger partial charge on any atom is -0.478 e. The maximum atomic E-state index is 12.3. The third kappa shape index (κ3) is 5.31. The summed E-state index contributed by atoms with van der Waals surface area (Å²) in [6.45, 7) is 6.75. The lowest BCUT2D eigenvalue weighted by Gasteiger charge is -2.32. The van der Waals surface area contributed by atoms with Gasteiger partial charge in [0.2, 0.25) is 11.8 Å². The van der Waals surface area contributed by atoms with E-state index in [9.17, 15) is 19.5 Å². The zero-order valence-corrected chi connectivity index (χ0v) is 15.7. The molecule has 0 radical (unpaired) electrons. The van der Waals surface area contributed by atoms with Crippen LogP contribution in [0.1, 0.15) is 49.5 Å². The minimum atomic E-state index is -0.900. The van der Waals surface area contributed by atoms with E-state index in [1.54, 1.807) is 17.0 Å². The standard InChI is InChI=1S/C20H28N2O4/c1-20(2,3)19(26)21-13-17(23)22-10-8-14(9-11-22)12-15-6-4-5-7-16(15)18(24)25/h4-7,14H,8-13H2,1-3H3,(H,21,26)(H,24,25). The van der Waals surface area contributed by atoms with Crippen LogP contribution >= 0.6 is 0 Å². The van der Waals surface area contributed by atoms with Crippen LogP contribution in [0.5, 0.6) is 0 Å². The summed E-state index contributed by atoms with van der Waals surface area (Å²) in [6.07, 6.45) is 2.39. The van der Waals surface area contributed by atoms with Crippen LogP contribution in [0.25, 0.3) is 0 Å². The normalized spacial score (nSPS) is 15.6. The Balaban J connectivity index is 1.83. The molecule has 142 valence electrons. The predicted molar refractivity (Wildman–Crippen MR) is 98.9 cm³/mol. The second-order valence-corrected chi connectivity index (χ2v) is 7.92. The number of hydrogen-bond donors (Lipinski definition) is 2. The molecular formula is C20H28N2O4. The molecule has 6 heteroatoms. The zero-order chi connectivity index (χ0) is 19.3. The summed E-state index contributed by atoms with van der Waals surface area (Å²) in [6, 6.07) is 7.09. The molecule has 0 aromatic heterocycles. The maximum Gasteiger partial charge on any atom is 0.335 e. The van der Waals surface area contributed by atoms with E-state index in [4.69, 9.17) is 0 Å². The molecule has 0 bridgehead atoms. The molecule has 0 saturated carbocycles. The van der Waals surface area contributed by atoms with Gasteiger partial charge >= 0.3 is 5.97 Å². The van der Waals surface area contributed by atoms with Gasteiger partial charge in [0.05, 0.1) is 12.1 Å². The fourth-order valence-electron chi connectivity index (χ4n) is 3.14. The Morgan fingerprint density at radius 1 is 1.15 bits per heavy atom. The van der Waals surface area contributed by atoms with Crippen LogP contribution in [0.2, 0.25) is 0 Å². The molecule has 2 amide bonds. The van der Waals surface area contributed by atoms with Crippen molar-refractivity contribution < 1.29 is 19.5 Å². The summed E-state index contributed by atoms with van der Waals surface area (Å²) in [5.41, 5.74) is 0.697. The summed E-state index contributed by atoms with van der Waals surface area (Å²) >= 11 is 0. The molecule has 1 aliphatic heterocycles. The largest absolute Gasteiger partial charge is 0.478 e. The molecule has 26 heavy (non-hydrogen) atoms. The van der Waals surface area contributed by atoms with Crippen LogP contribution in [0.4, 0.5) is 0 Å². The molecule has 0 spiro atoms. The van der Waals surface area contributed by atoms with E-state index >= 15 is 0 Å². The molecular weight excluding hydrogens is 332 g/mol. The van der Waals surface area contributed by atoms with Crippen molar-refractivity contribution in [3.63, 3.8) is 0 Å². The number of nitrogens with one attached hydrogen (secondary N) is 1. The lowest BCUT2D eigenvalue weighted by molar-refractivity contribution is -0.136. The molecule has 1 aromatic rings. The Bertz CT molecular complexity index is 671. The number of carbonyl (C=O) groups excluding carboxylic acids is 2. The molecule has 6 nitrogen and oxygen atoms in total. The summed E-state index contributed by atoms with van der Waals surface area (Å²) in [4.78, 5) is 37.2. The van der Waals surface area contributed by atoms with Gasteiger partial charge in [0.15, 0.2) is 0 Å². The lowest BCUT2D eigenvalue weighted by atomic mass is 9.88. The third-order valence-corrected chi connectivity index (χ3v) is 4.80. The fourth-order valence-corrected chi connectivity index (χ4v) is 3.14. The van der Waals surface area contributed by atoms with E-state index in [0.29, 0.717) is 31.0 Å². The third-order valence-electron chi connectivity index (χ3n) is 4.80. The summed E-state index contributed by atoms with van der Waals surface area (Å²) in [5, 5.41) is 12.0. The molecule has 1 aromatic carbocycles. The van der Waals surface area contributed by atoms with Gasteiger partial charge in [0.25, 0.3) is 0 Å². The quantitative estimate of drug-likeness (QED) is 0.844. The number of carboxylic acid groups (broad SMARTS) is 1. The first-order valence-corrected chi connectivity index (χ1v) is 9.05. The van der Waals surface area contributed by atoms with E-state index in [2.05, 4.69) is 5.32 Å². The van der Waals surface area contributed by atoms with Crippen LogP contribution in [0.15, 0.2) is 24.3 Å². The molecule has 0 unspecified atom stereocenters. The topological polar surface area (TPSA) is 86.7 Å². The number of amides is 2.